The number of rotatable bonds is 10. The second kappa shape index (κ2) is 12.2. The fourth-order valence-electron chi connectivity index (χ4n) is 3.72. The number of aryl methyl sites for hydroxylation is 4. The number of benzene rings is 3. The summed E-state index contributed by atoms with van der Waals surface area (Å²) in [5, 5.41) is 0. The van der Waals surface area contributed by atoms with E-state index in [1.165, 1.54) is 11.1 Å². The highest BCUT2D eigenvalue weighted by Crippen LogP contribution is 2.30. The van der Waals surface area contributed by atoms with Crippen LogP contribution in [0.15, 0.2) is 60.7 Å². The van der Waals surface area contributed by atoms with E-state index in [2.05, 4.69) is 62.4 Å². The maximum absolute atomic E-state index is 12.4. The van der Waals surface area contributed by atoms with Crippen molar-refractivity contribution in [2.45, 2.75) is 66.2 Å². The van der Waals surface area contributed by atoms with E-state index in [-0.39, 0.29) is 11.9 Å². The summed E-state index contributed by atoms with van der Waals surface area (Å²) in [6, 6.07) is 20.0. The van der Waals surface area contributed by atoms with Crippen LogP contribution in [0, 0.1) is 13.8 Å². The number of carbonyl (C=O) groups is 2. The van der Waals surface area contributed by atoms with E-state index in [0.717, 1.165) is 35.1 Å². The molecule has 0 spiro atoms. The lowest BCUT2D eigenvalue weighted by Crippen LogP contribution is -2.12. The SMILES string of the molecule is CCc1ccc(CCC(=O)Oc2ccc(OC(=O)CCc3ccc(CC)cc3)c(C)c2C)cc1. The molecule has 0 bridgehead atoms. The molecule has 0 aliphatic heterocycles. The van der Waals surface area contributed by atoms with Gasteiger partial charge >= 0.3 is 11.9 Å². The summed E-state index contributed by atoms with van der Waals surface area (Å²) in [6.45, 7) is 7.98. The van der Waals surface area contributed by atoms with Gasteiger partial charge in [-0.15, -0.1) is 0 Å². The van der Waals surface area contributed by atoms with Gasteiger partial charge in [0.15, 0.2) is 0 Å². The maximum atomic E-state index is 12.4. The minimum atomic E-state index is -0.277. The first-order valence-electron chi connectivity index (χ1n) is 12.1. The number of hydrogen-bond acceptors (Lipinski definition) is 4. The standard InChI is InChI=1S/C30H34O4/c1-5-23-7-11-25(12-8-23)15-19-29(31)33-27-17-18-28(22(4)21(27)3)34-30(32)20-16-26-13-9-24(6-2)10-14-26/h7-14,17-18H,5-6,15-16,19-20H2,1-4H3. The summed E-state index contributed by atoms with van der Waals surface area (Å²) >= 11 is 0. The molecule has 0 amide bonds. The summed E-state index contributed by atoms with van der Waals surface area (Å²) in [6.07, 6.45) is 3.88. The van der Waals surface area contributed by atoms with Crippen molar-refractivity contribution in [2.24, 2.45) is 0 Å². The third kappa shape index (κ3) is 7.05. The van der Waals surface area contributed by atoms with Crippen LogP contribution in [0.4, 0.5) is 0 Å². The Balaban J connectivity index is 1.52. The van der Waals surface area contributed by atoms with Gasteiger partial charge in [-0.05, 0) is 85.0 Å². The quantitative estimate of drug-likeness (QED) is 0.257. The largest absolute Gasteiger partial charge is 0.426 e. The first kappa shape index (κ1) is 25.2. The Bertz CT molecular complexity index is 1020. The Morgan fingerprint density at radius 1 is 0.559 bits per heavy atom. The predicted molar refractivity (Wildman–Crippen MR) is 135 cm³/mol. The molecule has 0 unspecified atom stereocenters. The second-order valence-electron chi connectivity index (χ2n) is 8.60. The third-order valence-corrected chi connectivity index (χ3v) is 6.23. The first-order valence-corrected chi connectivity index (χ1v) is 12.1. The summed E-state index contributed by atoms with van der Waals surface area (Å²) in [7, 11) is 0. The summed E-state index contributed by atoms with van der Waals surface area (Å²) in [5.41, 5.74) is 6.38. The highest BCUT2D eigenvalue weighted by Gasteiger charge is 2.15. The maximum Gasteiger partial charge on any atom is 0.311 e. The fraction of sp³-hybridized carbons (Fsp3) is 0.333. The van der Waals surface area contributed by atoms with E-state index in [1.54, 1.807) is 12.1 Å². The van der Waals surface area contributed by atoms with Crippen LogP contribution < -0.4 is 9.47 Å². The zero-order valence-electron chi connectivity index (χ0n) is 20.6. The fourth-order valence-corrected chi connectivity index (χ4v) is 3.72. The normalized spacial score (nSPS) is 10.7. The molecule has 0 aromatic heterocycles. The van der Waals surface area contributed by atoms with Crippen LogP contribution in [0.2, 0.25) is 0 Å². The average molecular weight is 459 g/mol. The zero-order chi connectivity index (χ0) is 24.5. The molecule has 3 aromatic carbocycles. The van der Waals surface area contributed by atoms with Gasteiger partial charge in [0.2, 0.25) is 0 Å². The lowest BCUT2D eigenvalue weighted by Gasteiger charge is -2.14. The van der Waals surface area contributed by atoms with Crippen molar-refractivity contribution in [3.8, 4) is 11.5 Å². The molecule has 0 radical (unpaired) electrons. The van der Waals surface area contributed by atoms with Crippen LogP contribution in [0.5, 0.6) is 11.5 Å². The van der Waals surface area contributed by atoms with E-state index in [4.69, 9.17) is 9.47 Å². The van der Waals surface area contributed by atoms with Crippen LogP contribution >= 0.6 is 0 Å². The van der Waals surface area contributed by atoms with Gasteiger partial charge in [0, 0.05) is 12.8 Å². The van der Waals surface area contributed by atoms with Crippen LogP contribution in [0.25, 0.3) is 0 Å². The van der Waals surface area contributed by atoms with Gasteiger partial charge in [0.1, 0.15) is 11.5 Å². The molecule has 3 aromatic rings. The molecule has 0 N–H and O–H groups in total. The van der Waals surface area contributed by atoms with Gasteiger partial charge in [0.25, 0.3) is 0 Å². The molecule has 4 heteroatoms. The first-order chi connectivity index (χ1) is 16.4. The van der Waals surface area contributed by atoms with Crippen molar-refractivity contribution < 1.29 is 19.1 Å². The van der Waals surface area contributed by atoms with Gasteiger partial charge in [-0.1, -0.05) is 62.4 Å². The molecule has 4 nitrogen and oxygen atoms in total. The Labute approximate surface area is 202 Å². The molecule has 0 heterocycles. The monoisotopic (exact) mass is 458 g/mol. The highest BCUT2D eigenvalue weighted by molar-refractivity contribution is 5.75. The minimum Gasteiger partial charge on any atom is -0.426 e. The number of esters is 2. The van der Waals surface area contributed by atoms with Crippen molar-refractivity contribution in [1.82, 2.24) is 0 Å². The summed E-state index contributed by atoms with van der Waals surface area (Å²) < 4.78 is 11.2. The van der Waals surface area contributed by atoms with E-state index >= 15 is 0 Å². The van der Waals surface area contributed by atoms with Gasteiger partial charge < -0.3 is 9.47 Å². The van der Waals surface area contributed by atoms with Crippen LogP contribution in [0.1, 0.15) is 60.1 Å². The topological polar surface area (TPSA) is 52.6 Å². The molecular formula is C30H34O4. The minimum absolute atomic E-state index is 0.277. The van der Waals surface area contributed by atoms with E-state index in [1.807, 2.05) is 13.8 Å². The Morgan fingerprint density at radius 2 is 0.882 bits per heavy atom. The smallest absolute Gasteiger partial charge is 0.311 e. The Morgan fingerprint density at radius 3 is 1.21 bits per heavy atom. The average Bonchev–Trinajstić information content (AvgIpc) is 2.86. The van der Waals surface area contributed by atoms with E-state index < -0.39 is 0 Å². The molecule has 0 saturated carbocycles. The molecular weight excluding hydrogens is 424 g/mol. The van der Waals surface area contributed by atoms with E-state index in [9.17, 15) is 9.59 Å². The molecule has 0 aliphatic rings. The van der Waals surface area contributed by atoms with Crippen molar-refractivity contribution in [1.29, 1.82) is 0 Å². The molecule has 3 rings (SSSR count). The Hall–Kier alpha value is -3.40. The molecule has 0 atom stereocenters. The zero-order valence-corrected chi connectivity index (χ0v) is 20.6. The highest BCUT2D eigenvalue weighted by atomic mass is 16.5. The third-order valence-electron chi connectivity index (χ3n) is 6.23. The van der Waals surface area contributed by atoms with Gasteiger partial charge in [-0.25, -0.2) is 0 Å². The lowest BCUT2D eigenvalue weighted by atomic mass is 10.1. The van der Waals surface area contributed by atoms with Crippen LogP contribution in [-0.4, -0.2) is 11.9 Å². The van der Waals surface area contributed by atoms with E-state index in [0.29, 0.717) is 37.2 Å². The number of hydrogen-bond donors (Lipinski definition) is 0. The van der Waals surface area contributed by atoms with Crippen molar-refractivity contribution in [3.05, 3.63) is 94.0 Å². The lowest BCUT2D eigenvalue weighted by molar-refractivity contribution is -0.135. The second-order valence-corrected chi connectivity index (χ2v) is 8.60. The molecule has 0 fully saturated rings. The van der Waals surface area contributed by atoms with Gasteiger partial charge in [0.05, 0.1) is 0 Å². The van der Waals surface area contributed by atoms with Crippen molar-refractivity contribution in [2.75, 3.05) is 0 Å². The van der Waals surface area contributed by atoms with Gasteiger partial charge in [-0.2, -0.15) is 0 Å². The van der Waals surface area contributed by atoms with Crippen LogP contribution in [-0.2, 0) is 35.3 Å². The molecule has 178 valence electrons. The molecule has 0 aliphatic carbocycles. The predicted octanol–water partition coefficient (Wildman–Crippen LogP) is 6.50. The van der Waals surface area contributed by atoms with Crippen molar-refractivity contribution in [3.63, 3.8) is 0 Å². The number of carbonyl (C=O) groups excluding carboxylic acids is 2. The number of ether oxygens (including phenoxy) is 2. The van der Waals surface area contributed by atoms with Crippen molar-refractivity contribution >= 4 is 11.9 Å². The summed E-state index contributed by atoms with van der Waals surface area (Å²) in [4.78, 5) is 24.8. The summed E-state index contributed by atoms with van der Waals surface area (Å²) in [5.74, 6) is 0.445. The Kier molecular flexibility index (Phi) is 9.03. The molecule has 34 heavy (non-hydrogen) atoms. The van der Waals surface area contributed by atoms with Crippen LogP contribution in [0.3, 0.4) is 0 Å². The van der Waals surface area contributed by atoms with Gasteiger partial charge in [-0.3, -0.25) is 9.59 Å². The molecule has 0 saturated heterocycles.